The number of rotatable bonds is 2. The van der Waals surface area contributed by atoms with Gasteiger partial charge in [0.25, 0.3) is 0 Å². The second-order valence-corrected chi connectivity index (χ2v) is 6.44. The lowest BCUT2D eigenvalue weighted by Gasteiger charge is -2.01. The van der Waals surface area contributed by atoms with Crippen LogP contribution in [0.5, 0.6) is 0 Å². The third-order valence-electron chi connectivity index (χ3n) is 3.27. The molecule has 0 unspecified atom stereocenters. The monoisotopic (exact) mass is 294 g/mol. The van der Waals surface area contributed by atoms with E-state index in [1.54, 1.807) is 36.4 Å². The van der Waals surface area contributed by atoms with Crippen molar-refractivity contribution in [1.29, 1.82) is 0 Å². The fourth-order valence-electron chi connectivity index (χ4n) is 2.41. The summed E-state index contributed by atoms with van der Waals surface area (Å²) in [6, 6.07) is 10.00. The third kappa shape index (κ3) is 2.06. The summed E-state index contributed by atoms with van der Waals surface area (Å²) in [6.45, 7) is 0. The van der Waals surface area contributed by atoms with Crippen molar-refractivity contribution in [2.24, 2.45) is 0 Å². The molecule has 2 aromatic carbocycles. The molecule has 0 heterocycles. The lowest BCUT2D eigenvalue weighted by molar-refractivity contribution is 0.613. The topological polar surface area (TPSA) is 68.3 Å². The smallest absolute Gasteiger partial charge is 0.168 e. The molecule has 4 nitrogen and oxygen atoms in total. The molecule has 0 bridgehead atoms. The Morgan fingerprint density at radius 1 is 0.684 bits per heavy atom. The van der Waals surface area contributed by atoms with Gasteiger partial charge in [-0.25, -0.2) is 16.8 Å². The highest BCUT2D eigenvalue weighted by atomic mass is 32.2. The van der Waals surface area contributed by atoms with Crippen LogP contribution in [-0.4, -0.2) is 16.8 Å². The number of thiol groups is 2. The van der Waals surface area contributed by atoms with E-state index in [1.165, 1.54) is 0 Å². The summed E-state index contributed by atoms with van der Waals surface area (Å²) in [5.41, 5.74) is 3.79. The molecule has 3 rings (SSSR count). The summed E-state index contributed by atoms with van der Waals surface area (Å²) in [4.78, 5) is 0.577. The van der Waals surface area contributed by atoms with E-state index < -0.39 is 21.4 Å². The summed E-state index contributed by atoms with van der Waals surface area (Å²) >= 11 is 0. The molecular formula is C13H10O4S2. The molecule has 0 aromatic heterocycles. The molecule has 1 aliphatic rings. The van der Waals surface area contributed by atoms with Crippen molar-refractivity contribution < 1.29 is 16.8 Å². The molecule has 0 N–H and O–H groups in total. The maximum absolute atomic E-state index is 11.0. The summed E-state index contributed by atoms with van der Waals surface area (Å²) in [5, 5.41) is 0. The summed E-state index contributed by atoms with van der Waals surface area (Å²) < 4.78 is 43.9. The highest BCUT2D eigenvalue weighted by Crippen LogP contribution is 2.37. The van der Waals surface area contributed by atoms with Crippen molar-refractivity contribution in [2.45, 2.75) is 16.2 Å². The minimum absolute atomic E-state index is 0.289. The molecule has 0 aliphatic heterocycles. The van der Waals surface area contributed by atoms with E-state index in [1.807, 2.05) is 0 Å². The highest BCUT2D eigenvalue weighted by Gasteiger charge is 2.19. The van der Waals surface area contributed by atoms with Crippen LogP contribution in [0.25, 0.3) is 11.1 Å². The Labute approximate surface area is 113 Å². The van der Waals surface area contributed by atoms with E-state index >= 15 is 0 Å². The van der Waals surface area contributed by atoms with Gasteiger partial charge in [0, 0.05) is 0 Å². The summed E-state index contributed by atoms with van der Waals surface area (Å²) in [7, 11) is -5.18. The lowest BCUT2D eigenvalue weighted by Crippen LogP contribution is -1.85. The van der Waals surface area contributed by atoms with Crippen LogP contribution in [0.2, 0.25) is 0 Å². The zero-order chi connectivity index (χ0) is 13.6. The molecule has 0 saturated carbocycles. The predicted octanol–water partition coefficient (Wildman–Crippen LogP) is 1.20. The summed E-state index contributed by atoms with van der Waals surface area (Å²) in [6.07, 6.45) is 0.568. The molecular weight excluding hydrogens is 284 g/mol. The Morgan fingerprint density at radius 3 is 1.47 bits per heavy atom. The van der Waals surface area contributed by atoms with E-state index in [-0.39, 0.29) is 9.79 Å². The van der Waals surface area contributed by atoms with Gasteiger partial charge in [0.05, 0.1) is 9.79 Å². The minimum Gasteiger partial charge on any atom is -0.227 e. The number of fused-ring (bicyclic) bond motifs is 3. The molecule has 98 valence electrons. The number of benzene rings is 2. The maximum Gasteiger partial charge on any atom is 0.168 e. The van der Waals surface area contributed by atoms with Gasteiger partial charge in [-0.3, -0.25) is 0 Å². The van der Waals surface area contributed by atoms with Crippen molar-refractivity contribution in [3.05, 3.63) is 47.5 Å². The van der Waals surface area contributed by atoms with Gasteiger partial charge in [-0.1, -0.05) is 12.1 Å². The molecule has 0 fully saturated rings. The molecule has 0 saturated heterocycles. The Kier molecular flexibility index (Phi) is 2.91. The fourth-order valence-corrected chi connectivity index (χ4v) is 3.33. The van der Waals surface area contributed by atoms with E-state index in [0.717, 1.165) is 22.3 Å². The van der Waals surface area contributed by atoms with Gasteiger partial charge >= 0.3 is 0 Å². The van der Waals surface area contributed by atoms with Crippen molar-refractivity contribution in [1.82, 2.24) is 0 Å². The molecule has 6 heteroatoms. The van der Waals surface area contributed by atoms with Gasteiger partial charge in [-0.2, -0.15) is 0 Å². The van der Waals surface area contributed by atoms with E-state index in [0.29, 0.717) is 6.42 Å². The largest absolute Gasteiger partial charge is 0.227 e. The van der Waals surface area contributed by atoms with Crippen molar-refractivity contribution in [2.75, 3.05) is 0 Å². The normalized spacial score (nSPS) is 12.7. The zero-order valence-electron chi connectivity index (χ0n) is 9.70. The van der Waals surface area contributed by atoms with Gasteiger partial charge in [0.2, 0.25) is 0 Å². The first-order chi connectivity index (χ1) is 9.06. The van der Waals surface area contributed by atoms with Crippen LogP contribution in [0.1, 0.15) is 11.1 Å². The zero-order valence-corrected chi connectivity index (χ0v) is 11.5. The molecule has 19 heavy (non-hydrogen) atoms. The average molecular weight is 294 g/mol. The van der Waals surface area contributed by atoms with Crippen LogP contribution in [0.4, 0.5) is 0 Å². The van der Waals surface area contributed by atoms with Gasteiger partial charge in [-0.05, 0) is 52.9 Å². The SMILES string of the molecule is O=[SH](=O)c1ccc2c(c1)Cc1cc([SH](=O)=O)ccc1-2. The van der Waals surface area contributed by atoms with Gasteiger partial charge in [0.1, 0.15) is 0 Å². The van der Waals surface area contributed by atoms with Crippen LogP contribution < -0.4 is 0 Å². The number of hydrogen-bond donors (Lipinski definition) is 2. The molecule has 0 atom stereocenters. The first kappa shape index (κ1) is 12.4. The predicted molar refractivity (Wildman–Crippen MR) is 71.8 cm³/mol. The van der Waals surface area contributed by atoms with Gasteiger partial charge < -0.3 is 0 Å². The first-order valence-electron chi connectivity index (χ1n) is 5.61. The Morgan fingerprint density at radius 2 is 1.11 bits per heavy atom. The molecule has 0 spiro atoms. The molecule has 0 radical (unpaired) electrons. The minimum atomic E-state index is -2.59. The van der Waals surface area contributed by atoms with E-state index in [9.17, 15) is 16.8 Å². The third-order valence-corrected chi connectivity index (χ3v) is 4.67. The van der Waals surface area contributed by atoms with Crippen molar-refractivity contribution >= 4 is 21.4 Å². The Bertz CT molecular complexity index is 747. The molecule has 2 aromatic rings. The van der Waals surface area contributed by atoms with Crippen LogP contribution in [0.3, 0.4) is 0 Å². The van der Waals surface area contributed by atoms with Crippen molar-refractivity contribution in [3.63, 3.8) is 0 Å². The first-order valence-corrected chi connectivity index (χ1v) is 7.97. The standard InChI is InChI=1S/C13H10O4S2/c14-18(15)10-1-3-12-8(6-10)5-9-7-11(19(16)17)2-4-13(9)12/h1-4,6-7,18-19H,5H2. The average Bonchev–Trinajstić information content (AvgIpc) is 2.74. The lowest BCUT2D eigenvalue weighted by atomic mass is 10.1. The second kappa shape index (κ2) is 4.47. The Balaban J connectivity index is 2.15. The second-order valence-electron chi connectivity index (χ2n) is 4.37. The summed E-state index contributed by atoms with van der Waals surface area (Å²) in [5.74, 6) is 0. The number of hydrogen-bond acceptors (Lipinski definition) is 4. The maximum atomic E-state index is 11.0. The quantitative estimate of drug-likeness (QED) is 0.697. The Hall–Kier alpha value is -1.66. The van der Waals surface area contributed by atoms with Gasteiger partial charge in [-0.15, -0.1) is 0 Å². The van der Waals surface area contributed by atoms with Crippen molar-refractivity contribution in [3.8, 4) is 11.1 Å². The van der Waals surface area contributed by atoms with E-state index in [2.05, 4.69) is 0 Å². The van der Waals surface area contributed by atoms with Crippen LogP contribution in [0, 0.1) is 0 Å². The van der Waals surface area contributed by atoms with Gasteiger partial charge in [0.15, 0.2) is 21.4 Å². The van der Waals surface area contributed by atoms with E-state index in [4.69, 9.17) is 0 Å². The van der Waals surface area contributed by atoms with Crippen LogP contribution >= 0.6 is 0 Å². The van der Waals surface area contributed by atoms with Crippen LogP contribution in [0.15, 0.2) is 46.2 Å². The van der Waals surface area contributed by atoms with Crippen LogP contribution in [-0.2, 0) is 27.8 Å². The molecule has 1 aliphatic carbocycles. The fraction of sp³-hybridized carbons (Fsp3) is 0.0769. The highest BCUT2D eigenvalue weighted by molar-refractivity contribution is 7.72. The molecule has 0 amide bonds.